The number of morpholine rings is 1. The molecule has 1 atom stereocenters. The van der Waals surface area contributed by atoms with E-state index < -0.39 is 28.0 Å². The Hall–Kier alpha value is -3.15. The zero-order valence-corrected chi connectivity index (χ0v) is 18.6. The quantitative estimate of drug-likeness (QED) is 0.577. The molecule has 3 rings (SSSR count). The summed E-state index contributed by atoms with van der Waals surface area (Å²) in [6, 6.07) is 11.6. The van der Waals surface area contributed by atoms with Crippen LogP contribution in [-0.4, -0.2) is 64.1 Å². The molecule has 172 valence electrons. The number of hydrogen-bond acceptors (Lipinski definition) is 6. The number of benzene rings is 2. The fraction of sp³-hybridized carbons (Fsp3) is 0.333. The van der Waals surface area contributed by atoms with E-state index in [2.05, 4.69) is 16.0 Å². The van der Waals surface area contributed by atoms with Crippen molar-refractivity contribution in [2.24, 2.45) is 0 Å². The number of ether oxygens (including phenoxy) is 2. The first-order valence-corrected chi connectivity index (χ1v) is 11.4. The number of carbonyl (C=O) groups is 2. The topological polar surface area (TPSA) is 126 Å². The van der Waals surface area contributed by atoms with Crippen molar-refractivity contribution >= 4 is 33.3 Å². The summed E-state index contributed by atoms with van der Waals surface area (Å²) >= 11 is 0. The van der Waals surface area contributed by atoms with Crippen molar-refractivity contribution in [3.8, 4) is 5.75 Å². The van der Waals surface area contributed by atoms with Crippen LogP contribution in [0.1, 0.15) is 6.92 Å². The average molecular weight is 463 g/mol. The molecular weight excluding hydrogens is 436 g/mol. The summed E-state index contributed by atoms with van der Waals surface area (Å²) in [7, 11) is -2.34. The Morgan fingerprint density at radius 1 is 1.06 bits per heavy atom. The molecule has 0 radical (unpaired) electrons. The van der Waals surface area contributed by atoms with Gasteiger partial charge >= 0.3 is 6.03 Å². The minimum Gasteiger partial charge on any atom is -0.495 e. The van der Waals surface area contributed by atoms with Crippen molar-refractivity contribution < 1.29 is 27.5 Å². The highest BCUT2D eigenvalue weighted by Crippen LogP contribution is 2.29. The van der Waals surface area contributed by atoms with E-state index in [1.165, 1.54) is 36.5 Å². The number of carbonyl (C=O) groups excluding carboxylic acids is 2. The lowest BCUT2D eigenvalue weighted by Crippen LogP contribution is -2.43. The second-order valence-corrected chi connectivity index (χ2v) is 8.99. The summed E-state index contributed by atoms with van der Waals surface area (Å²) in [5, 5.41) is 7.80. The molecule has 0 saturated carbocycles. The summed E-state index contributed by atoms with van der Waals surface area (Å²) in [6.45, 7) is 2.68. The molecule has 1 fully saturated rings. The number of anilines is 2. The summed E-state index contributed by atoms with van der Waals surface area (Å²) < 4.78 is 37.7. The van der Waals surface area contributed by atoms with E-state index in [1.54, 1.807) is 24.3 Å². The van der Waals surface area contributed by atoms with Crippen LogP contribution in [0, 0.1) is 0 Å². The molecule has 32 heavy (non-hydrogen) atoms. The van der Waals surface area contributed by atoms with Gasteiger partial charge in [-0.25, -0.2) is 13.2 Å². The first kappa shape index (κ1) is 23.5. The van der Waals surface area contributed by atoms with Crippen LogP contribution in [0.2, 0.25) is 0 Å². The van der Waals surface area contributed by atoms with Gasteiger partial charge in [0, 0.05) is 18.8 Å². The maximum atomic E-state index is 12.9. The zero-order valence-electron chi connectivity index (χ0n) is 17.8. The summed E-state index contributed by atoms with van der Waals surface area (Å²) in [6.07, 6.45) is 0. The highest BCUT2D eigenvalue weighted by molar-refractivity contribution is 7.89. The number of hydrogen-bond donors (Lipinski definition) is 3. The molecule has 1 saturated heterocycles. The normalized spacial score (nSPS) is 15.4. The van der Waals surface area contributed by atoms with Crippen molar-refractivity contribution in [3.05, 3.63) is 48.5 Å². The predicted molar refractivity (Wildman–Crippen MR) is 119 cm³/mol. The van der Waals surface area contributed by atoms with E-state index in [9.17, 15) is 18.0 Å². The van der Waals surface area contributed by atoms with E-state index in [0.717, 1.165) is 0 Å². The third-order valence-electron chi connectivity index (χ3n) is 4.81. The van der Waals surface area contributed by atoms with Gasteiger partial charge in [-0.1, -0.05) is 18.2 Å². The largest absolute Gasteiger partial charge is 0.495 e. The Kier molecular flexibility index (Phi) is 7.67. The Labute approximate surface area is 186 Å². The van der Waals surface area contributed by atoms with Crippen molar-refractivity contribution in [2.45, 2.75) is 17.9 Å². The van der Waals surface area contributed by atoms with Gasteiger partial charge in [-0.15, -0.1) is 0 Å². The second kappa shape index (κ2) is 10.4. The van der Waals surface area contributed by atoms with E-state index in [1.807, 2.05) is 6.07 Å². The molecule has 0 aliphatic carbocycles. The number of para-hydroxylation sites is 1. The molecule has 0 spiro atoms. The first-order chi connectivity index (χ1) is 15.3. The van der Waals surface area contributed by atoms with Crippen LogP contribution in [0.5, 0.6) is 5.75 Å². The van der Waals surface area contributed by atoms with Gasteiger partial charge in [0.1, 0.15) is 11.8 Å². The molecule has 3 amide bonds. The molecule has 0 aromatic heterocycles. The summed E-state index contributed by atoms with van der Waals surface area (Å²) in [4.78, 5) is 24.8. The van der Waals surface area contributed by atoms with Crippen molar-refractivity contribution in [3.63, 3.8) is 0 Å². The van der Waals surface area contributed by atoms with E-state index in [-0.39, 0.29) is 23.7 Å². The molecular formula is C21H26N4O6S. The summed E-state index contributed by atoms with van der Waals surface area (Å²) in [5.74, 6) is -0.243. The highest BCUT2D eigenvalue weighted by atomic mass is 32.2. The van der Waals surface area contributed by atoms with Gasteiger partial charge in [-0.05, 0) is 37.3 Å². The maximum absolute atomic E-state index is 12.9. The van der Waals surface area contributed by atoms with Crippen LogP contribution in [0.4, 0.5) is 16.2 Å². The van der Waals surface area contributed by atoms with Crippen LogP contribution in [0.3, 0.4) is 0 Å². The Bertz CT molecular complexity index is 1060. The van der Waals surface area contributed by atoms with E-state index in [4.69, 9.17) is 9.47 Å². The van der Waals surface area contributed by atoms with Crippen LogP contribution < -0.4 is 20.7 Å². The minimum atomic E-state index is -3.75. The van der Waals surface area contributed by atoms with Gasteiger partial charge in [0.25, 0.3) is 0 Å². The first-order valence-electron chi connectivity index (χ1n) is 10.0. The van der Waals surface area contributed by atoms with Crippen LogP contribution in [-0.2, 0) is 19.6 Å². The number of nitrogens with zero attached hydrogens (tertiary/aromatic N) is 1. The monoisotopic (exact) mass is 462 g/mol. The Balaban J connectivity index is 1.70. The number of urea groups is 1. The highest BCUT2D eigenvalue weighted by Gasteiger charge is 2.27. The molecule has 2 aromatic rings. The fourth-order valence-corrected chi connectivity index (χ4v) is 4.51. The number of methoxy groups -OCH3 is 1. The molecule has 0 bridgehead atoms. The smallest absolute Gasteiger partial charge is 0.319 e. The average Bonchev–Trinajstić information content (AvgIpc) is 2.80. The van der Waals surface area contributed by atoms with Gasteiger partial charge in [0.15, 0.2) is 0 Å². The Morgan fingerprint density at radius 2 is 1.75 bits per heavy atom. The third kappa shape index (κ3) is 5.75. The van der Waals surface area contributed by atoms with E-state index >= 15 is 0 Å². The fourth-order valence-electron chi connectivity index (χ4n) is 3.07. The third-order valence-corrected chi connectivity index (χ3v) is 6.70. The molecule has 0 unspecified atom stereocenters. The predicted octanol–water partition coefficient (Wildman–Crippen LogP) is 1.86. The molecule has 3 N–H and O–H groups in total. The van der Waals surface area contributed by atoms with Crippen molar-refractivity contribution in [1.82, 2.24) is 9.62 Å². The van der Waals surface area contributed by atoms with Crippen LogP contribution in [0.15, 0.2) is 53.4 Å². The standard InChI is InChI=1S/C21H26N4O6S/c1-15(22-21(27)23-16-6-4-3-5-7-16)20(26)24-18-14-17(8-9-19(18)30-2)32(28,29)25-10-12-31-13-11-25/h3-9,14-15H,10-13H2,1-2H3,(H,24,26)(H2,22,23,27)/t15-/m1/s1. The zero-order chi connectivity index (χ0) is 23.1. The lowest BCUT2D eigenvalue weighted by molar-refractivity contribution is -0.117. The molecule has 1 heterocycles. The Morgan fingerprint density at radius 3 is 2.41 bits per heavy atom. The molecule has 10 nitrogen and oxygen atoms in total. The van der Waals surface area contributed by atoms with E-state index in [0.29, 0.717) is 24.7 Å². The number of amides is 3. The van der Waals surface area contributed by atoms with Crippen molar-refractivity contribution in [1.29, 1.82) is 0 Å². The molecule has 1 aliphatic heterocycles. The minimum absolute atomic E-state index is 0.0259. The molecule has 11 heteroatoms. The van der Waals surface area contributed by atoms with Gasteiger partial charge in [-0.2, -0.15) is 4.31 Å². The maximum Gasteiger partial charge on any atom is 0.319 e. The molecule has 2 aromatic carbocycles. The van der Waals surface area contributed by atoms with Crippen LogP contribution in [0.25, 0.3) is 0 Å². The summed E-state index contributed by atoms with van der Waals surface area (Å²) in [5.41, 5.74) is 0.768. The SMILES string of the molecule is COc1ccc(S(=O)(=O)N2CCOCC2)cc1NC(=O)[C@@H](C)NC(=O)Nc1ccccc1. The van der Waals surface area contributed by atoms with Crippen LogP contribution >= 0.6 is 0 Å². The van der Waals surface area contributed by atoms with Gasteiger partial charge in [0.05, 0.1) is 30.9 Å². The number of rotatable bonds is 7. The second-order valence-electron chi connectivity index (χ2n) is 7.05. The number of sulfonamides is 1. The van der Waals surface area contributed by atoms with Gasteiger partial charge < -0.3 is 25.4 Å². The van der Waals surface area contributed by atoms with Gasteiger partial charge in [0.2, 0.25) is 15.9 Å². The number of nitrogens with one attached hydrogen (secondary N) is 3. The van der Waals surface area contributed by atoms with Gasteiger partial charge in [-0.3, -0.25) is 4.79 Å². The lowest BCUT2D eigenvalue weighted by Gasteiger charge is -2.26. The molecule has 1 aliphatic rings. The van der Waals surface area contributed by atoms with Crippen molar-refractivity contribution in [2.75, 3.05) is 44.0 Å². The lowest BCUT2D eigenvalue weighted by atomic mass is 10.2.